The van der Waals surface area contributed by atoms with Crippen LogP contribution in [-0.4, -0.2) is 31.1 Å². The Bertz CT molecular complexity index is 708. The largest absolute Gasteiger partial charge is 0.397 e. The molecule has 7 nitrogen and oxygen atoms in total. The second-order valence-corrected chi connectivity index (χ2v) is 6.52. The molecule has 1 saturated heterocycles. The second-order valence-electron chi connectivity index (χ2n) is 4.15. The molecule has 1 aromatic rings. The topological polar surface area (TPSA) is 117 Å². The summed E-state index contributed by atoms with van der Waals surface area (Å²) >= 11 is 3.04. The van der Waals surface area contributed by atoms with Gasteiger partial charge >= 0.3 is 10.2 Å². The molecule has 0 aliphatic carbocycles. The van der Waals surface area contributed by atoms with E-state index in [-0.39, 0.29) is 28.2 Å². The molecule has 0 aromatic carbocycles. The summed E-state index contributed by atoms with van der Waals surface area (Å²) in [6.45, 7) is -0.331. The highest BCUT2D eigenvalue weighted by Gasteiger charge is 2.39. The van der Waals surface area contributed by atoms with Crippen molar-refractivity contribution in [2.45, 2.75) is 11.7 Å². The van der Waals surface area contributed by atoms with Gasteiger partial charge in [-0.3, -0.25) is 9.69 Å². The summed E-state index contributed by atoms with van der Waals surface area (Å²) in [5.74, 6) is -0.496. The van der Waals surface area contributed by atoms with Gasteiger partial charge in [-0.05, 0) is 15.9 Å². The van der Waals surface area contributed by atoms with E-state index in [0.717, 1.165) is 4.90 Å². The summed E-state index contributed by atoms with van der Waals surface area (Å²) in [5.41, 5.74) is 5.84. The van der Waals surface area contributed by atoms with E-state index in [1.807, 2.05) is 6.07 Å². The molecule has 1 amide bonds. The van der Waals surface area contributed by atoms with E-state index in [9.17, 15) is 17.1 Å². The number of nitriles is 1. The number of anilines is 2. The van der Waals surface area contributed by atoms with Crippen LogP contribution < -0.4 is 10.6 Å². The molecule has 2 rings (SSSR count). The van der Waals surface area contributed by atoms with Gasteiger partial charge in [-0.15, -0.1) is 3.89 Å². The van der Waals surface area contributed by atoms with Crippen molar-refractivity contribution in [2.75, 3.05) is 17.2 Å². The van der Waals surface area contributed by atoms with Gasteiger partial charge in [0.1, 0.15) is 27.3 Å². The first kappa shape index (κ1) is 14.7. The summed E-state index contributed by atoms with van der Waals surface area (Å²) in [5, 5.41) is 7.44. The fourth-order valence-electron chi connectivity index (χ4n) is 1.85. The number of hydrogen-bond donors (Lipinski definition) is 1. The van der Waals surface area contributed by atoms with Crippen LogP contribution in [0.2, 0.25) is 0 Å². The number of pyridine rings is 1. The number of rotatable bonds is 2. The van der Waals surface area contributed by atoms with Gasteiger partial charge in [-0.25, -0.2) is 4.98 Å². The lowest BCUT2D eigenvalue weighted by Gasteiger charge is -2.16. The van der Waals surface area contributed by atoms with Gasteiger partial charge in [0.05, 0.1) is 5.69 Å². The summed E-state index contributed by atoms with van der Waals surface area (Å²) in [7, 11) is -4.80. The first-order valence-corrected chi connectivity index (χ1v) is 7.58. The van der Waals surface area contributed by atoms with Crippen molar-refractivity contribution in [3.8, 4) is 6.07 Å². The van der Waals surface area contributed by atoms with E-state index in [1.165, 1.54) is 6.07 Å². The number of nitrogens with two attached hydrogens (primary N) is 1. The van der Waals surface area contributed by atoms with Crippen LogP contribution in [0.5, 0.6) is 0 Å². The van der Waals surface area contributed by atoms with E-state index >= 15 is 0 Å². The third-order valence-corrected chi connectivity index (χ3v) is 4.55. The number of aromatic nitrogens is 1. The van der Waals surface area contributed by atoms with Crippen LogP contribution in [-0.2, 0) is 15.0 Å². The molecule has 2 heterocycles. The molecule has 1 aromatic heterocycles. The molecule has 0 bridgehead atoms. The zero-order chi connectivity index (χ0) is 15.1. The Balaban J connectivity index is 2.39. The number of hydrogen-bond acceptors (Lipinski definition) is 6. The van der Waals surface area contributed by atoms with Crippen molar-refractivity contribution in [3.63, 3.8) is 0 Å². The average Bonchev–Trinajstić information content (AvgIpc) is 2.70. The van der Waals surface area contributed by atoms with Crippen LogP contribution in [0.15, 0.2) is 10.7 Å². The fraction of sp³-hybridized carbons (Fsp3) is 0.300. The summed E-state index contributed by atoms with van der Waals surface area (Å²) in [4.78, 5) is 16.7. The van der Waals surface area contributed by atoms with Crippen LogP contribution in [0.4, 0.5) is 15.4 Å². The Labute approximate surface area is 122 Å². The molecular formula is C10H8BrFN4O3S. The quantitative estimate of drug-likeness (QED) is 0.611. The number of carbonyl (C=O) groups is 1. The first-order valence-electron chi connectivity index (χ1n) is 5.34. The molecule has 2 N–H and O–H groups in total. The maximum Gasteiger partial charge on any atom is 0.307 e. The van der Waals surface area contributed by atoms with Gasteiger partial charge in [0.15, 0.2) is 0 Å². The van der Waals surface area contributed by atoms with Crippen LogP contribution in [0, 0.1) is 11.3 Å². The molecule has 106 valence electrons. The highest BCUT2D eigenvalue weighted by atomic mass is 79.9. The van der Waals surface area contributed by atoms with E-state index in [2.05, 4.69) is 20.9 Å². The molecule has 1 aliphatic heterocycles. The van der Waals surface area contributed by atoms with Crippen molar-refractivity contribution < 1.29 is 17.1 Å². The minimum atomic E-state index is -4.80. The van der Waals surface area contributed by atoms with E-state index < -0.39 is 27.8 Å². The molecule has 1 atom stereocenters. The Hall–Kier alpha value is -1.73. The van der Waals surface area contributed by atoms with Crippen LogP contribution in [0.1, 0.15) is 12.0 Å². The third kappa shape index (κ3) is 2.59. The van der Waals surface area contributed by atoms with Crippen molar-refractivity contribution in [3.05, 3.63) is 16.2 Å². The van der Waals surface area contributed by atoms with Crippen molar-refractivity contribution in [1.82, 2.24) is 4.98 Å². The average molecular weight is 363 g/mol. The molecule has 1 unspecified atom stereocenters. The molecule has 10 heteroatoms. The minimum absolute atomic E-state index is 0.0736. The zero-order valence-corrected chi connectivity index (χ0v) is 12.3. The van der Waals surface area contributed by atoms with Crippen molar-refractivity contribution >= 4 is 43.6 Å². The number of nitrogens with zero attached hydrogens (tertiary/aromatic N) is 3. The zero-order valence-electron chi connectivity index (χ0n) is 9.88. The van der Waals surface area contributed by atoms with Gasteiger partial charge in [-0.1, -0.05) is 0 Å². The third-order valence-electron chi connectivity index (χ3n) is 2.87. The van der Waals surface area contributed by atoms with E-state index in [1.54, 1.807) is 0 Å². The van der Waals surface area contributed by atoms with Gasteiger partial charge in [0.2, 0.25) is 5.91 Å². The molecule has 0 saturated carbocycles. The summed E-state index contributed by atoms with van der Waals surface area (Å²) in [6.07, 6.45) is -0.446. The molecule has 20 heavy (non-hydrogen) atoms. The van der Waals surface area contributed by atoms with Crippen molar-refractivity contribution in [1.29, 1.82) is 5.26 Å². The van der Waals surface area contributed by atoms with Crippen LogP contribution >= 0.6 is 15.9 Å². The lowest BCUT2D eigenvalue weighted by Crippen LogP contribution is -2.28. The number of nitrogen functional groups attached to an aromatic ring is 1. The molecule has 0 spiro atoms. The van der Waals surface area contributed by atoms with E-state index in [0.29, 0.717) is 0 Å². The molecule has 1 aliphatic rings. The van der Waals surface area contributed by atoms with Crippen molar-refractivity contribution in [2.24, 2.45) is 0 Å². The highest BCUT2D eigenvalue weighted by Crippen LogP contribution is 2.29. The van der Waals surface area contributed by atoms with E-state index in [4.69, 9.17) is 11.0 Å². The highest BCUT2D eigenvalue weighted by molar-refractivity contribution is 9.10. The summed E-state index contributed by atoms with van der Waals surface area (Å²) < 4.78 is 34.8. The Kier molecular flexibility index (Phi) is 3.66. The molecule has 0 radical (unpaired) electrons. The van der Waals surface area contributed by atoms with Gasteiger partial charge in [-0.2, -0.15) is 13.7 Å². The number of carbonyl (C=O) groups excluding carboxylic acids is 1. The van der Waals surface area contributed by atoms with Gasteiger partial charge in [0, 0.05) is 19.0 Å². The minimum Gasteiger partial charge on any atom is -0.397 e. The monoisotopic (exact) mass is 362 g/mol. The normalized spacial score (nSPS) is 19.1. The van der Waals surface area contributed by atoms with Gasteiger partial charge < -0.3 is 5.73 Å². The second kappa shape index (κ2) is 4.99. The SMILES string of the molecule is N#Cc1c(N)cc(N2CC(S(=O)(=O)F)CC2=O)nc1Br. The fourth-order valence-corrected chi connectivity index (χ4v) is 3.02. The van der Waals surface area contributed by atoms with Crippen LogP contribution in [0.25, 0.3) is 0 Å². The van der Waals surface area contributed by atoms with Crippen LogP contribution in [0.3, 0.4) is 0 Å². The first-order chi connectivity index (χ1) is 9.24. The summed E-state index contributed by atoms with van der Waals surface area (Å²) in [6, 6.07) is 3.10. The Morgan fingerprint density at radius 1 is 1.60 bits per heavy atom. The lowest BCUT2D eigenvalue weighted by molar-refractivity contribution is -0.117. The Morgan fingerprint density at radius 3 is 2.70 bits per heavy atom. The lowest BCUT2D eigenvalue weighted by atomic mass is 10.2. The maximum atomic E-state index is 12.9. The predicted octanol–water partition coefficient (Wildman–Crippen LogP) is 0.703. The molecule has 1 fully saturated rings. The number of halogens is 2. The Morgan fingerprint density at radius 2 is 2.25 bits per heavy atom. The maximum absolute atomic E-state index is 12.9. The standard InChI is InChI=1S/C10H8BrFN4O3S/c11-10-6(3-13)7(14)2-8(15-10)16-4-5(1-9(16)17)20(12,18)19/h2,5H,1,4H2,(H2,14,15). The smallest absolute Gasteiger partial charge is 0.307 e. The number of amides is 1. The molecular weight excluding hydrogens is 355 g/mol. The predicted molar refractivity (Wildman–Crippen MR) is 71.9 cm³/mol. The van der Waals surface area contributed by atoms with Gasteiger partial charge in [0.25, 0.3) is 0 Å².